The van der Waals surface area contributed by atoms with Crippen molar-refractivity contribution in [1.29, 1.82) is 0 Å². The van der Waals surface area contributed by atoms with E-state index in [1.807, 2.05) is 36.4 Å². The summed E-state index contributed by atoms with van der Waals surface area (Å²) in [5, 5.41) is 3.25. The van der Waals surface area contributed by atoms with Gasteiger partial charge in [0, 0.05) is 5.57 Å². The third-order valence-corrected chi connectivity index (χ3v) is 5.55. The molecule has 0 atom stereocenters. The highest BCUT2D eigenvalue weighted by Crippen LogP contribution is 2.31. The van der Waals surface area contributed by atoms with Crippen molar-refractivity contribution in [1.82, 2.24) is 4.98 Å². The van der Waals surface area contributed by atoms with Crippen LogP contribution in [0, 0.1) is 5.82 Å². The average Bonchev–Trinajstić information content (AvgIpc) is 3.18. The number of hydrogen-bond donors (Lipinski definition) is 1. The second-order valence-electron chi connectivity index (χ2n) is 6.62. The fourth-order valence-corrected chi connectivity index (χ4v) is 4.01. The summed E-state index contributed by atoms with van der Waals surface area (Å²) in [4.78, 5) is 17.6. The van der Waals surface area contributed by atoms with Crippen molar-refractivity contribution in [2.75, 3.05) is 19.5 Å². The second-order valence-corrected chi connectivity index (χ2v) is 7.65. The summed E-state index contributed by atoms with van der Waals surface area (Å²) in [6.45, 7) is 0. The van der Waals surface area contributed by atoms with Crippen molar-refractivity contribution in [3.05, 3.63) is 83.7 Å². The molecule has 3 aromatic carbocycles. The Kier molecular flexibility index (Phi) is 5.95. The first-order valence-electron chi connectivity index (χ1n) is 9.44. The molecule has 4 aromatic rings. The summed E-state index contributed by atoms with van der Waals surface area (Å²) in [5.74, 6) is 0.511. The molecule has 4 rings (SSSR count). The van der Waals surface area contributed by atoms with E-state index < -0.39 is 0 Å². The molecule has 1 heterocycles. The second kappa shape index (κ2) is 8.97. The molecular weight excluding hydrogens is 415 g/mol. The van der Waals surface area contributed by atoms with Gasteiger partial charge in [0.25, 0.3) is 5.91 Å². The Morgan fingerprint density at radius 2 is 1.77 bits per heavy atom. The number of carbonyl (C=O) groups is 1. The number of methoxy groups -OCH3 is 2. The zero-order chi connectivity index (χ0) is 21.8. The van der Waals surface area contributed by atoms with Gasteiger partial charge in [-0.05, 0) is 47.5 Å². The number of ether oxygens (including phenoxy) is 2. The van der Waals surface area contributed by atoms with Crippen LogP contribution in [0.5, 0.6) is 11.5 Å². The molecule has 156 valence electrons. The van der Waals surface area contributed by atoms with Gasteiger partial charge in [-0.15, -0.1) is 0 Å². The summed E-state index contributed by atoms with van der Waals surface area (Å²) < 4.78 is 24.8. The molecule has 0 spiro atoms. The van der Waals surface area contributed by atoms with Gasteiger partial charge in [0.1, 0.15) is 5.82 Å². The number of nitrogens with one attached hydrogen (secondary N) is 1. The molecule has 0 aliphatic carbocycles. The van der Waals surface area contributed by atoms with Crippen LogP contribution in [0.4, 0.5) is 9.52 Å². The quantitative estimate of drug-likeness (QED) is 0.316. The normalized spacial score (nSPS) is 11.4. The number of carbonyl (C=O) groups excluding carboxylic acids is 1. The molecule has 1 aromatic heterocycles. The molecule has 0 aliphatic heterocycles. The zero-order valence-corrected chi connectivity index (χ0v) is 17.7. The lowest BCUT2D eigenvalue weighted by molar-refractivity contribution is -0.111. The number of nitrogens with zero attached hydrogens (tertiary/aromatic N) is 1. The van der Waals surface area contributed by atoms with Gasteiger partial charge in [0.05, 0.1) is 24.4 Å². The lowest BCUT2D eigenvalue weighted by atomic mass is 10.0. The van der Waals surface area contributed by atoms with Crippen molar-refractivity contribution in [3.8, 4) is 11.5 Å². The molecule has 0 radical (unpaired) electrons. The minimum atomic E-state index is -0.340. The highest BCUT2D eigenvalue weighted by molar-refractivity contribution is 7.22. The number of amides is 1. The van der Waals surface area contributed by atoms with Crippen molar-refractivity contribution in [2.45, 2.75) is 0 Å². The predicted octanol–water partition coefficient (Wildman–Crippen LogP) is 5.63. The summed E-state index contributed by atoms with van der Waals surface area (Å²) in [6, 6.07) is 19.1. The summed E-state index contributed by atoms with van der Waals surface area (Å²) in [5.41, 5.74) is 2.62. The SMILES string of the molecule is COc1ccc(/C=C(/C(=O)Nc2nc3ccc(F)cc3s2)c2ccccc2)cc1OC. The Morgan fingerprint density at radius 1 is 1.00 bits per heavy atom. The molecule has 1 N–H and O–H groups in total. The van der Waals surface area contributed by atoms with E-state index in [1.54, 1.807) is 38.5 Å². The van der Waals surface area contributed by atoms with Crippen molar-refractivity contribution in [2.24, 2.45) is 0 Å². The Bertz CT molecular complexity index is 1270. The van der Waals surface area contributed by atoms with Crippen LogP contribution >= 0.6 is 11.3 Å². The van der Waals surface area contributed by atoms with Crippen LogP contribution in [0.15, 0.2) is 66.7 Å². The topological polar surface area (TPSA) is 60.5 Å². The van der Waals surface area contributed by atoms with Crippen LogP contribution in [0.3, 0.4) is 0 Å². The number of thiazole rings is 1. The Balaban J connectivity index is 1.70. The van der Waals surface area contributed by atoms with Crippen LogP contribution in [0.2, 0.25) is 0 Å². The molecule has 1 amide bonds. The molecule has 0 bridgehead atoms. The lowest BCUT2D eigenvalue weighted by Crippen LogP contribution is -2.13. The fourth-order valence-electron chi connectivity index (χ4n) is 3.12. The maximum Gasteiger partial charge on any atom is 0.258 e. The van der Waals surface area contributed by atoms with Gasteiger partial charge in [-0.25, -0.2) is 9.37 Å². The van der Waals surface area contributed by atoms with E-state index in [0.29, 0.717) is 32.4 Å². The van der Waals surface area contributed by atoms with Gasteiger partial charge < -0.3 is 9.47 Å². The third kappa shape index (κ3) is 4.57. The monoisotopic (exact) mass is 434 g/mol. The molecule has 0 aliphatic rings. The van der Waals surface area contributed by atoms with Crippen molar-refractivity contribution in [3.63, 3.8) is 0 Å². The largest absolute Gasteiger partial charge is 0.493 e. The van der Waals surface area contributed by atoms with E-state index in [0.717, 1.165) is 11.1 Å². The van der Waals surface area contributed by atoms with Gasteiger partial charge in [-0.3, -0.25) is 10.1 Å². The number of halogens is 1. The molecule has 7 heteroatoms. The number of anilines is 1. The molecule has 0 saturated heterocycles. The standard InChI is InChI=1S/C24H19FN2O3S/c1-29-20-11-8-15(13-21(20)30-2)12-18(16-6-4-3-5-7-16)23(28)27-24-26-19-10-9-17(25)14-22(19)31-24/h3-14H,1-2H3,(H,26,27,28)/b18-12+. The molecule has 0 unspecified atom stereocenters. The number of rotatable bonds is 6. The van der Waals surface area contributed by atoms with Crippen molar-refractivity contribution < 1.29 is 18.7 Å². The highest BCUT2D eigenvalue weighted by Gasteiger charge is 2.16. The Hall–Kier alpha value is -3.71. The van der Waals surface area contributed by atoms with Crippen LogP contribution < -0.4 is 14.8 Å². The zero-order valence-electron chi connectivity index (χ0n) is 16.9. The lowest BCUT2D eigenvalue weighted by Gasteiger charge is -2.10. The van der Waals surface area contributed by atoms with Crippen LogP contribution in [-0.4, -0.2) is 25.1 Å². The first-order valence-corrected chi connectivity index (χ1v) is 10.3. The number of hydrogen-bond acceptors (Lipinski definition) is 5. The minimum absolute atomic E-state index is 0.319. The Morgan fingerprint density at radius 3 is 2.52 bits per heavy atom. The van der Waals surface area contributed by atoms with E-state index in [-0.39, 0.29) is 11.7 Å². The summed E-state index contributed by atoms with van der Waals surface area (Å²) >= 11 is 1.22. The number of aromatic nitrogens is 1. The molecule has 0 fully saturated rings. The maximum atomic E-state index is 13.5. The van der Waals surface area contributed by atoms with Gasteiger partial charge in [-0.1, -0.05) is 47.7 Å². The van der Waals surface area contributed by atoms with Gasteiger partial charge >= 0.3 is 0 Å². The van der Waals surface area contributed by atoms with E-state index in [1.165, 1.54) is 23.5 Å². The third-order valence-electron chi connectivity index (χ3n) is 4.62. The van der Waals surface area contributed by atoms with Gasteiger partial charge in [0.15, 0.2) is 16.6 Å². The van der Waals surface area contributed by atoms with E-state index in [2.05, 4.69) is 10.3 Å². The maximum absolute atomic E-state index is 13.5. The highest BCUT2D eigenvalue weighted by atomic mass is 32.1. The number of benzene rings is 3. The van der Waals surface area contributed by atoms with Gasteiger partial charge in [-0.2, -0.15) is 0 Å². The molecule has 0 saturated carbocycles. The Labute approximate surface area is 182 Å². The summed E-state index contributed by atoms with van der Waals surface area (Å²) in [7, 11) is 3.13. The molecule has 5 nitrogen and oxygen atoms in total. The fraction of sp³-hybridized carbons (Fsp3) is 0.0833. The molecule has 31 heavy (non-hydrogen) atoms. The minimum Gasteiger partial charge on any atom is -0.493 e. The van der Waals surface area contributed by atoms with Crippen LogP contribution in [0.1, 0.15) is 11.1 Å². The molecular formula is C24H19FN2O3S. The smallest absolute Gasteiger partial charge is 0.258 e. The van der Waals surface area contributed by atoms with E-state index in [4.69, 9.17) is 9.47 Å². The average molecular weight is 434 g/mol. The van der Waals surface area contributed by atoms with Crippen molar-refractivity contribution >= 4 is 44.2 Å². The summed E-state index contributed by atoms with van der Waals surface area (Å²) in [6.07, 6.45) is 1.78. The van der Waals surface area contributed by atoms with Crippen LogP contribution in [-0.2, 0) is 4.79 Å². The number of fused-ring (bicyclic) bond motifs is 1. The van der Waals surface area contributed by atoms with E-state index in [9.17, 15) is 9.18 Å². The van der Waals surface area contributed by atoms with E-state index >= 15 is 0 Å². The first-order chi connectivity index (χ1) is 15.1. The van der Waals surface area contributed by atoms with Crippen LogP contribution in [0.25, 0.3) is 21.9 Å². The van der Waals surface area contributed by atoms with Gasteiger partial charge in [0.2, 0.25) is 0 Å². The predicted molar refractivity (Wildman–Crippen MR) is 122 cm³/mol. The first kappa shape index (κ1) is 20.6.